The van der Waals surface area contributed by atoms with Gasteiger partial charge < -0.3 is 10.8 Å². The van der Waals surface area contributed by atoms with Crippen LogP contribution in [0.4, 0.5) is 4.39 Å². The van der Waals surface area contributed by atoms with Crippen LogP contribution in [0.3, 0.4) is 0 Å². The molecule has 3 N–H and O–H groups in total. The molecule has 0 saturated carbocycles. The van der Waals surface area contributed by atoms with Gasteiger partial charge in [0.25, 0.3) is 0 Å². The van der Waals surface area contributed by atoms with Gasteiger partial charge in [-0.3, -0.25) is 9.18 Å². The zero-order chi connectivity index (χ0) is 10.5. The number of nitrogens with two attached hydrogens (primary N) is 1. The van der Waals surface area contributed by atoms with Crippen molar-refractivity contribution < 1.29 is 14.3 Å². The highest BCUT2D eigenvalue weighted by molar-refractivity contribution is 5.78. The van der Waals surface area contributed by atoms with Crippen LogP contribution in [-0.2, 0) is 4.79 Å². The van der Waals surface area contributed by atoms with Crippen LogP contribution in [-0.4, -0.2) is 23.3 Å². The molecule has 2 unspecified atom stereocenters. The Bertz CT molecular complexity index is 175. The third kappa shape index (κ3) is 3.72. The Morgan fingerprint density at radius 1 is 1.69 bits per heavy atom. The van der Waals surface area contributed by atoms with E-state index in [2.05, 4.69) is 0 Å². The summed E-state index contributed by atoms with van der Waals surface area (Å²) < 4.78 is 12.1. The summed E-state index contributed by atoms with van der Waals surface area (Å²) in [5.41, 5.74) is 4.20. The maximum absolute atomic E-state index is 12.1. The summed E-state index contributed by atoms with van der Waals surface area (Å²) in [5, 5.41) is 8.82. The molecule has 13 heavy (non-hydrogen) atoms. The van der Waals surface area contributed by atoms with Crippen molar-refractivity contribution in [2.75, 3.05) is 6.67 Å². The minimum Gasteiger partial charge on any atom is -0.480 e. The largest absolute Gasteiger partial charge is 0.480 e. The maximum atomic E-state index is 12.1. The second-order valence-electron chi connectivity index (χ2n) is 3.62. The molecule has 0 aromatic heterocycles. The average molecular weight is 191 g/mol. The first kappa shape index (κ1) is 12.4. The van der Waals surface area contributed by atoms with Gasteiger partial charge in [-0.05, 0) is 12.3 Å². The van der Waals surface area contributed by atoms with Crippen molar-refractivity contribution in [3.8, 4) is 0 Å². The van der Waals surface area contributed by atoms with Crippen molar-refractivity contribution in [1.82, 2.24) is 0 Å². The molecule has 0 aromatic carbocycles. The predicted octanol–water partition coefficient (Wildman–Crippen LogP) is 1.56. The van der Waals surface area contributed by atoms with Crippen molar-refractivity contribution in [2.24, 2.45) is 11.7 Å². The highest BCUT2D eigenvalue weighted by Gasteiger charge is 2.34. The lowest BCUT2D eigenvalue weighted by atomic mass is 9.85. The summed E-state index contributed by atoms with van der Waals surface area (Å²) in [6.45, 7) is 3.20. The number of hydrogen-bond acceptors (Lipinski definition) is 2. The molecule has 0 aliphatic heterocycles. The minimum absolute atomic E-state index is 0.104. The first-order valence-corrected chi connectivity index (χ1v) is 4.54. The quantitative estimate of drug-likeness (QED) is 0.669. The Kier molecular flexibility index (Phi) is 4.91. The molecule has 0 heterocycles. The van der Waals surface area contributed by atoms with Crippen LogP contribution in [0.15, 0.2) is 0 Å². The zero-order valence-corrected chi connectivity index (χ0v) is 8.22. The molecule has 0 spiro atoms. The zero-order valence-electron chi connectivity index (χ0n) is 8.22. The SMILES string of the molecule is CCC(C)CC(N)(CCF)C(=O)O. The lowest BCUT2D eigenvalue weighted by Gasteiger charge is -2.26. The molecule has 0 saturated heterocycles. The fraction of sp³-hybridized carbons (Fsp3) is 0.889. The van der Waals surface area contributed by atoms with E-state index in [1.54, 1.807) is 0 Å². The number of hydrogen-bond donors (Lipinski definition) is 2. The Morgan fingerprint density at radius 3 is 2.54 bits per heavy atom. The number of carbonyl (C=O) groups is 1. The molecular weight excluding hydrogens is 173 g/mol. The number of rotatable bonds is 6. The third-order valence-electron chi connectivity index (χ3n) is 2.38. The second kappa shape index (κ2) is 5.17. The fourth-order valence-corrected chi connectivity index (χ4v) is 1.23. The van der Waals surface area contributed by atoms with Crippen LogP contribution in [0.25, 0.3) is 0 Å². The Labute approximate surface area is 78.1 Å². The third-order valence-corrected chi connectivity index (χ3v) is 2.38. The van der Waals surface area contributed by atoms with E-state index >= 15 is 0 Å². The van der Waals surface area contributed by atoms with E-state index in [1.807, 2.05) is 13.8 Å². The van der Waals surface area contributed by atoms with Gasteiger partial charge in [0.2, 0.25) is 0 Å². The number of alkyl halides is 1. The van der Waals surface area contributed by atoms with Crippen LogP contribution in [0.2, 0.25) is 0 Å². The van der Waals surface area contributed by atoms with Crippen LogP contribution in [0.5, 0.6) is 0 Å². The Balaban J connectivity index is 4.32. The van der Waals surface area contributed by atoms with E-state index in [9.17, 15) is 9.18 Å². The van der Waals surface area contributed by atoms with E-state index in [0.29, 0.717) is 6.42 Å². The molecule has 0 amide bonds. The summed E-state index contributed by atoms with van der Waals surface area (Å²) in [4.78, 5) is 10.8. The fourth-order valence-electron chi connectivity index (χ4n) is 1.23. The highest BCUT2D eigenvalue weighted by atomic mass is 19.1. The second-order valence-corrected chi connectivity index (χ2v) is 3.62. The molecule has 78 valence electrons. The maximum Gasteiger partial charge on any atom is 0.323 e. The van der Waals surface area contributed by atoms with Crippen LogP contribution >= 0.6 is 0 Å². The van der Waals surface area contributed by atoms with Gasteiger partial charge in [-0.15, -0.1) is 0 Å². The first-order chi connectivity index (χ1) is 5.96. The van der Waals surface area contributed by atoms with E-state index < -0.39 is 18.2 Å². The smallest absolute Gasteiger partial charge is 0.323 e. The Morgan fingerprint density at radius 2 is 2.23 bits per heavy atom. The molecule has 0 radical (unpaired) electrons. The number of aliphatic carboxylic acids is 1. The molecule has 0 aliphatic rings. The average Bonchev–Trinajstić information content (AvgIpc) is 2.04. The summed E-state index contributed by atoms with van der Waals surface area (Å²) in [5.74, 6) is -0.891. The van der Waals surface area contributed by atoms with Gasteiger partial charge in [-0.2, -0.15) is 0 Å². The first-order valence-electron chi connectivity index (χ1n) is 4.54. The van der Waals surface area contributed by atoms with Crippen LogP contribution in [0, 0.1) is 5.92 Å². The molecule has 0 bridgehead atoms. The highest BCUT2D eigenvalue weighted by Crippen LogP contribution is 2.20. The van der Waals surface area contributed by atoms with Gasteiger partial charge >= 0.3 is 5.97 Å². The number of halogens is 1. The molecule has 4 heteroatoms. The van der Waals surface area contributed by atoms with Crippen molar-refractivity contribution in [3.63, 3.8) is 0 Å². The molecular formula is C9H18FNO2. The predicted molar refractivity (Wildman–Crippen MR) is 49.2 cm³/mol. The van der Waals surface area contributed by atoms with E-state index in [0.717, 1.165) is 6.42 Å². The minimum atomic E-state index is -1.38. The van der Waals surface area contributed by atoms with Crippen LogP contribution < -0.4 is 5.73 Å². The molecule has 2 atom stereocenters. The van der Waals surface area contributed by atoms with Gasteiger partial charge in [-0.25, -0.2) is 0 Å². The monoisotopic (exact) mass is 191 g/mol. The summed E-state index contributed by atoms with van der Waals surface area (Å²) >= 11 is 0. The Hall–Kier alpha value is -0.640. The van der Waals surface area contributed by atoms with Crippen molar-refractivity contribution in [2.45, 2.75) is 38.6 Å². The number of carboxylic acids is 1. The lowest BCUT2D eigenvalue weighted by Crippen LogP contribution is -2.49. The summed E-state index contributed by atoms with van der Waals surface area (Å²) in [7, 11) is 0. The van der Waals surface area contributed by atoms with Crippen molar-refractivity contribution in [3.05, 3.63) is 0 Å². The van der Waals surface area contributed by atoms with Gasteiger partial charge in [0, 0.05) is 6.42 Å². The van der Waals surface area contributed by atoms with Crippen LogP contribution in [0.1, 0.15) is 33.1 Å². The normalized spacial score (nSPS) is 17.8. The molecule has 0 rings (SSSR count). The topological polar surface area (TPSA) is 63.3 Å². The number of carboxylic acid groups (broad SMARTS) is 1. The van der Waals surface area contributed by atoms with Crippen molar-refractivity contribution >= 4 is 5.97 Å². The van der Waals surface area contributed by atoms with E-state index in [-0.39, 0.29) is 12.3 Å². The van der Waals surface area contributed by atoms with Crippen molar-refractivity contribution in [1.29, 1.82) is 0 Å². The van der Waals surface area contributed by atoms with Gasteiger partial charge in [0.15, 0.2) is 0 Å². The summed E-state index contributed by atoms with van der Waals surface area (Å²) in [6, 6.07) is 0. The molecule has 0 aromatic rings. The van der Waals surface area contributed by atoms with Gasteiger partial charge in [0.1, 0.15) is 5.54 Å². The van der Waals surface area contributed by atoms with E-state index in [1.165, 1.54) is 0 Å². The van der Waals surface area contributed by atoms with Gasteiger partial charge in [0.05, 0.1) is 6.67 Å². The lowest BCUT2D eigenvalue weighted by molar-refractivity contribution is -0.144. The van der Waals surface area contributed by atoms with E-state index in [4.69, 9.17) is 10.8 Å². The standard InChI is InChI=1S/C9H18FNO2/c1-3-7(2)6-9(11,4-5-10)8(12)13/h7H,3-6,11H2,1-2H3,(H,12,13). The van der Waals surface area contributed by atoms with Gasteiger partial charge in [-0.1, -0.05) is 20.3 Å². The molecule has 0 fully saturated rings. The molecule has 0 aliphatic carbocycles. The molecule has 3 nitrogen and oxygen atoms in total. The summed E-state index contributed by atoms with van der Waals surface area (Å²) in [6.07, 6.45) is 1.09.